The van der Waals surface area contributed by atoms with E-state index in [4.69, 9.17) is 0 Å². The standard InChI is InChI=1S/C17H24FN3O2/c1-12(2)15(11-13-3-5-14(18)6-4-13)20-17(23)21-9-7-16(22)19-8-10-21/h3-6,12,15H,7-11H2,1-2H3,(H,19,22)(H,20,23)/t15-/m0/s1. The summed E-state index contributed by atoms with van der Waals surface area (Å²) in [5, 5.41) is 5.80. The molecule has 1 atom stereocenters. The highest BCUT2D eigenvalue weighted by Crippen LogP contribution is 2.12. The van der Waals surface area contributed by atoms with Crippen molar-refractivity contribution in [1.82, 2.24) is 15.5 Å². The van der Waals surface area contributed by atoms with Crippen LogP contribution in [0, 0.1) is 11.7 Å². The molecule has 1 saturated heterocycles. The first-order valence-electron chi connectivity index (χ1n) is 8.02. The summed E-state index contributed by atoms with van der Waals surface area (Å²) in [6.45, 7) is 5.51. The van der Waals surface area contributed by atoms with E-state index >= 15 is 0 Å². The van der Waals surface area contributed by atoms with E-state index in [1.165, 1.54) is 12.1 Å². The minimum absolute atomic E-state index is 0.0213. The van der Waals surface area contributed by atoms with Gasteiger partial charge in [0.05, 0.1) is 0 Å². The lowest BCUT2D eigenvalue weighted by atomic mass is 9.96. The Balaban J connectivity index is 1.96. The number of nitrogens with zero attached hydrogens (tertiary/aromatic N) is 1. The third-order valence-electron chi connectivity index (χ3n) is 4.08. The van der Waals surface area contributed by atoms with Crippen LogP contribution in [0.25, 0.3) is 0 Å². The van der Waals surface area contributed by atoms with Crippen molar-refractivity contribution in [2.24, 2.45) is 5.92 Å². The summed E-state index contributed by atoms with van der Waals surface area (Å²) in [7, 11) is 0. The molecule has 126 valence electrons. The second-order valence-electron chi connectivity index (χ2n) is 6.22. The average molecular weight is 321 g/mol. The van der Waals surface area contributed by atoms with Gasteiger partial charge in [-0.1, -0.05) is 26.0 Å². The number of hydrogen-bond donors (Lipinski definition) is 2. The molecule has 3 amide bonds. The van der Waals surface area contributed by atoms with Crippen LogP contribution >= 0.6 is 0 Å². The van der Waals surface area contributed by atoms with Crippen LogP contribution in [0.2, 0.25) is 0 Å². The molecule has 1 aromatic carbocycles. The Morgan fingerprint density at radius 3 is 2.65 bits per heavy atom. The van der Waals surface area contributed by atoms with Crippen molar-refractivity contribution in [3.63, 3.8) is 0 Å². The molecular weight excluding hydrogens is 297 g/mol. The molecule has 2 N–H and O–H groups in total. The Morgan fingerprint density at radius 1 is 1.30 bits per heavy atom. The van der Waals surface area contributed by atoms with Crippen molar-refractivity contribution < 1.29 is 14.0 Å². The molecule has 0 spiro atoms. The van der Waals surface area contributed by atoms with E-state index in [2.05, 4.69) is 10.6 Å². The Morgan fingerprint density at radius 2 is 2.00 bits per heavy atom. The van der Waals surface area contributed by atoms with Gasteiger partial charge in [-0.25, -0.2) is 9.18 Å². The van der Waals surface area contributed by atoms with Gasteiger partial charge in [0.2, 0.25) is 5.91 Å². The summed E-state index contributed by atoms with van der Waals surface area (Å²) >= 11 is 0. The Hall–Kier alpha value is -2.11. The summed E-state index contributed by atoms with van der Waals surface area (Å²) in [5.74, 6) is -0.0385. The first-order chi connectivity index (χ1) is 11.0. The smallest absolute Gasteiger partial charge is 0.317 e. The molecule has 1 heterocycles. The summed E-state index contributed by atoms with van der Waals surface area (Å²) in [5.41, 5.74) is 0.984. The van der Waals surface area contributed by atoms with Crippen molar-refractivity contribution in [2.75, 3.05) is 19.6 Å². The first-order valence-corrected chi connectivity index (χ1v) is 8.02. The van der Waals surface area contributed by atoms with Gasteiger partial charge >= 0.3 is 6.03 Å². The topological polar surface area (TPSA) is 61.4 Å². The highest BCUT2D eigenvalue weighted by Gasteiger charge is 2.22. The van der Waals surface area contributed by atoms with Gasteiger partial charge in [0.25, 0.3) is 0 Å². The van der Waals surface area contributed by atoms with Crippen molar-refractivity contribution in [1.29, 1.82) is 0 Å². The van der Waals surface area contributed by atoms with Crippen molar-refractivity contribution in [3.05, 3.63) is 35.6 Å². The lowest BCUT2D eigenvalue weighted by molar-refractivity contribution is -0.120. The van der Waals surface area contributed by atoms with Crippen LogP contribution in [-0.4, -0.2) is 42.5 Å². The number of rotatable bonds is 4. The summed E-state index contributed by atoms with van der Waals surface area (Å²) in [6.07, 6.45) is 0.979. The van der Waals surface area contributed by atoms with E-state index < -0.39 is 0 Å². The third kappa shape index (κ3) is 5.23. The molecular formula is C17H24FN3O2. The van der Waals surface area contributed by atoms with Gasteiger partial charge in [0, 0.05) is 32.1 Å². The highest BCUT2D eigenvalue weighted by molar-refractivity contribution is 5.79. The zero-order chi connectivity index (χ0) is 16.8. The Kier molecular flexibility index (Phi) is 5.96. The second kappa shape index (κ2) is 7.94. The lowest BCUT2D eigenvalue weighted by Crippen LogP contribution is -2.48. The molecule has 6 heteroatoms. The van der Waals surface area contributed by atoms with E-state index in [0.29, 0.717) is 32.5 Å². The van der Waals surface area contributed by atoms with Gasteiger partial charge in [-0.2, -0.15) is 0 Å². The molecule has 1 aliphatic heterocycles. The predicted octanol–water partition coefficient (Wildman–Crippen LogP) is 1.92. The number of carbonyl (C=O) groups is 2. The second-order valence-corrected chi connectivity index (χ2v) is 6.22. The maximum absolute atomic E-state index is 13.0. The number of carbonyl (C=O) groups excluding carboxylic acids is 2. The van der Waals surface area contributed by atoms with Crippen molar-refractivity contribution in [3.8, 4) is 0 Å². The molecule has 5 nitrogen and oxygen atoms in total. The van der Waals surface area contributed by atoms with E-state index in [0.717, 1.165) is 5.56 Å². The molecule has 0 unspecified atom stereocenters. The van der Waals surface area contributed by atoms with Crippen LogP contribution in [-0.2, 0) is 11.2 Å². The van der Waals surface area contributed by atoms with E-state index in [1.807, 2.05) is 13.8 Å². The molecule has 1 fully saturated rings. The fraction of sp³-hybridized carbons (Fsp3) is 0.529. The minimum atomic E-state index is -0.263. The Labute approximate surface area is 136 Å². The number of hydrogen-bond acceptors (Lipinski definition) is 2. The third-order valence-corrected chi connectivity index (χ3v) is 4.08. The van der Waals surface area contributed by atoms with Crippen LogP contribution in [0.1, 0.15) is 25.8 Å². The zero-order valence-corrected chi connectivity index (χ0v) is 13.6. The number of halogens is 1. The normalized spacial score (nSPS) is 16.7. The maximum atomic E-state index is 13.0. The van der Waals surface area contributed by atoms with Crippen LogP contribution in [0.15, 0.2) is 24.3 Å². The number of nitrogens with one attached hydrogen (secondary N) is 2. The summed E-state index contributed by atoms with van der Waals surface area (Å²) < 4.78 is 13.0. The van der Waals surface area contributed by atoms with Crippen LogP contribution < -0.4 is 10.6 Å². The largest absolute Gasteiger partial charge is 0.354 e. The predicted molar refractivity (Wildman–Crippen MR) is 86.5 cm³/mol. The lowest BCUT2D eigenvalue weighted by Gasteiger charge is -2.27. The zero-order valence-electron chi connectivity index (χ0n) is 13.6. The van der Waals surface area contributed by atoms with Crippen LogP contribution in [0.4, 0.5) is 9.18 Å². The van der Waals surface area contributed by atoms with Gasteiger partial charge in [0.15, 0.2) is 0 Å². The van der Waals surface area contributed by atoms with Crippen molar-refractivity contribution >= 4 is 11.9 Å². The quantitative estimate of drug-likeness (QED) is 0.890. The minimum Gasteiger partial charge on any atom is -0.354 e. The molecule has 1 aliphatic rings. The highest BCUT2D eigenvalue weighted by atomic mass is 19.1. The molecule has 0 aromatic heterocycles. The fourth-order valence-corrected chi connectivity index (χ4v) is 2.55. The monoisotopic (exact) mass is 321 g/mol. The van der Waals surface area contributed by atoms with E-state index in [-0.39, 0.29) is 29.7 Å². The van der Waals surface area contributed by atoms with Crippen LogP contribution in [0.3, 0.4) is 0 Å². The molecule has 0 aliphatic carbocycles. The van der Waals surface area contributed by atoms with Crippen LogP contribution in [0.5, 0.6) is 0 Å². The molecule has 0 bridgehead atoms. The SMILES string of the molecule is CC(C)[C@H](Cc1ccc(F)cc1)NC(=O)N1CCNC(=O)CC1. The van der Waals surface area contributed by atoms with Crippen molar-refractivity contribution in [2.45, 2.75) is 32.7 Å². The Bertz CT molecular complexity index is 545. The van der Waals surface area contributed by atoms with Gasteiger partial charge in [-0.15, -0.1) is 0 Å². The van der Waals surface area contributed by atoms with Gasteiger partial charge in [-0.05, 0) is 30.0 Å². The number of benzene rings is 1. The molecule has 23 heavy (non-hydrogen) atoms. The number of urea groups is 1. The fourth-order valence-electron chi connectivity index (χ4n) is 2.55. The molecule has 2 rings (SSSR count). The van der Waals surface area contributed by atoms with Gasteiger partial charge in [0.1, 0.15) is 5.82 Å². The van der Waals surface area contributed by atoms with E-state index in [1.54, 1.807) is 17.0 Å². The average Bonchev–Trinajstić information content (AvgIpc) is 2.73. The van der Waals surface area contributed by atoms with Gasteiger partial charge < -0.3 is 15.5 Å². The molecule has 0 radical (unpaired) electrons. The molecule has 0 saturated carbocycles. The van der Waals surface area contributed by atoms with Gasteiger partial charge in [-0.3, -0.25) is 4.79 Å². The molecule has 1 aromatic rings. The number of amides is 3. The summed E-state index contributed by atoms with van der Waals surface area (Å²) in [4.78, 5) is 25.4. The maximum Gasteiger partial charge on any atom is 0.317 e. The summed E-state index contributed by atoms with van der Waals surface area (Å²) in [6, 6.07) is 6.15. The van der Waals surface area contributed by atoms with E-state index in [9.17, 15) is 14.0 Å². The first kappa shape index (κ1) is 17.2.